The molecule has 3 saturated carbocycles. The summed E-state index contributed by atoms with van der Waals surface area (Å²) in [6.07, 6.45) is 2.29. The number of alkyl halides is 2. The number of fused-ring (bicyclic) bond motifs is 2. The van der Waals surface area contributed by atoms with Crippen molar-refractivity contribution in [2.75, 3.05) is 24.4 Å². The Morgan fingerprint density at radius 1 is 1.28 bits per heavy atom. The van der Waals surface area contributed by atoms with Gasteiger partial charge in [-0.15, -0.1) is 11.3 Å². The smallest absolute Gasteiger partial charge is 0.285 e. The summed E-state index contributed by atoms with van der Waals surface area (Å²) in [7, 11) is 1.60. The van der Waals surface area contributed by atoms with Gasteiger partial charge in [0.05, 0.1) is 40.2 Å². The number of anilines is 2. The number of aliphatic hydroxyl groups excluding tert-OH is 1. The van der Waals surface area contributed by atoms with E-state index in [1.165, 1.54) is 11.3 Å². The Morgan fingerprint density at radius 2 is 2.06 bits per heavy atom. The number of nitrogens with zero attached hydrogens (tertiary/aromatic N) is 4. The highest BCUT2D eigenvalue weighted by Gasteiger charge is 2.87. The fourth-order valence-electron chi connectivity index (χ4n) is 5.36. The molecule has 0 saturated heterocycles. The van der Waals surface area contributed by atoms with Gasteiger partial charge in [-0.3, -0.25) is 4.98 Å². The number of rotatable bonds is 8. The van der Waals surface area contributed by atoms with Gasteiger partial charge in [0.15, 0.2) is 5.60 Å². The van der Waals surface area contributed by atoms with Crippen molar-refractivity contribution in [3.8, 4) is 10.6 Å². The summed E-state index contributed by atoms with van der Waals surface area (Å²) in [5.41, 5.74) is 0.723. The number of thiazole rings is 1. The largest absolute Gasteiger partial charge is 0.388 e. The summed E-state index contributed by atoms with van der Waals surface area (Å²) in [6.45, 7) is 4.20. The average molecular weight is 519 g/mol. The molecule has 3 fully saturated rings. The first-order valence-electron chi connectivity index (χ1n) is 12.1. The number of aryl methyl sites for hydroxylation is 1. The van der Waals surface area contributed by atoms with Gasteiger partial charge in [0.25, 0.3) is 5.92 Å². The van der Waals surface area contributed by atoms with Gasteiger partial charge in [-0.05, 0) is 39.2 Å². The lowest BCUT2D eigenvalue weighted by molar-refractivity contribution is -0.0796. The molecule has 4 N–H and O–H groups in total. The van der Waals surface area contributed by atoms with Crippen molar-refractivity contribution in [1.82, 2.24) is 19.9 Å². The minimum Gasteiger partial charge on any atom is -0.388 e. The predicted octanol–water partition coefficient (Wildman–Crippen LogP) is 3.32. The zero-order chi connectivity index (χ0) is 25.4. The second kappa shape index (κ2) is 8.23. The number of halogens is 2. The van der Waals surface area contributed by atoms with Gasteiger partial charge >= 0.3 is 0 Å². The Hall–Kier alpha value is -2.54. The van der Waals surface area contributed by atoms with E-state index in [1.807, 2.05) is 19.9 Å². The molecule has 5 atom stereocenters. The van der Waals surface area contributed by atoms with E-state index in [4.69, 9.17) is 9.72 Å². The number of aliphatic hydroxyl groups is 2. The number of hydrogen-bond acceptors (Lipinski definition) is 10. The summed E-state index contributed by atoms with van der Waals surface area (Å²) in [5.74, 6) is -3.43. The molecule has 0 aromatic carbocycles. The van der Waals surface area contributed by atoms with Crippen molar-refractivity contribution in [2.45, 2.75) is 68.7 Å². The SMILES string of the molecule is COC[C@@H](C)Nc1nc(C)c(-c2nc3c(C4CC4)nccc3s2)c(N[C@@H]2C[C@@H]3C(F)(F)[C@]3(O)[C@H]2O)n1. The number of nitrogens with one attached hydrogen (secondary N) is 2. The molecule has 6 rings (SSSR count). The van der Waals surface area contributed by atoms with Crippen molar-refractivity contribution >= 4 is 33.3 Å². The first kappa shape index (κ1) is 23.8. The molecule has 36 heavy (non-hydrogen) atoms. The second-order valence-corrected chi connectivity index (χ2v) is 11.2. The second-order valence-electron chi connectivity index (χ2n) is 10.1. The highest BCUT2D eigenvalue weighted by Crippen LogP contribution is 2.67. The Labute approximate surface area is 210 Å². The van der Waals surface area contributed by atoms with E-state index in [1.54, 1.807) is 13.3 Å². The van der Waals surface area contributed by atoms with Crippen LogP contribution >= 0.6 is 11.3 Å². The molecule has 192 valence electrons. The molecule has 0 unspecified atom stereocenters. The molecule has 9 nitrogen and oxygen atoms in total. The first-order valence-corrected chi connectivity index (χ1v) is 12.9. The van der Waals surface area contributed by atoms with Crippen molar-refractivity contribution in [3.63, 3.8) is 0 Å². The van der Waals surface area contributed by atoms with Crippen LogP contribution in [-0.2, 0) is 4.74 Å². The molecular formula is C24H28F2N6O3S. The van der Waals surface area contributed by atoms with Gasteiger partial charge < -0.3 is 25.6 Å². The lowest BCUT2D eigenvalue weighted by Crippen LogP contribution is -2.44. The zero-order valence-corrected chi connectivity index (χ0v) is 20.9. The summed E-state index contributed by atoms with van der Waals surface area (Å²) in [4.78, 5) is 18.7. The normalized spacial score (nSPS) is 29.2. The van der Waals surface area contributed by atoms with Crippen LogP contribution in [0.2, 0.25) is 0 Å². The van der Waals surface area contributed by atoms with Gasteiger partial charge in [-0.2, -0.15) is 4.98 Å². The third-order valence-electron chi connectivity index (χ3n) is 7.46. The molecule has 3 aliphatic rings. The van der Waals surface area contributed by atoms with Crippen LogP contribution in [0.15, 0.2) is 12.3 Å². The number of aromatic nitrogens is 4. The van der Waals surface area contributed by atoms with Gasteiger partial charge in [0.2, 0.25) is 5.95 Å². The minimum atomic E-state index is -3.28. The summed E-state index contributed by atoms with van der Waals surface area (Å²) in [6, 6.07) is 1.06. The molecule has 0 bridgehead atoms. The molecule has 12 heteroatoms. The molecule has 3 aliphatic carbocycles. The van der Waals surface area contributed by atoms with E-state index >= 15 is 0 Å². The van der Waals surface area contributed by atoms with Crippen LogP contribution < -0.4 is 10.6 Å². The van der Waals surface area contributed by atoms with Crippen LogP contribution in [0.4, 0.5) is 20.5 Å². The molecule has 0 spiro atoms. The number of pyridine rings is 1. The molecule has 3 aromatic rings. The number of methoxy groups -OCH3 is 1. The number of ether oxygens (including phenoxy) is 1. The summed E-state index contributed by atoms with van der Waals surface area (Å²) < 4.78 is 34.2. The maximum Gasteiger partial charge on any atom is 0.285 e. The summed E-state index contributed by atoms with van der Waals surface area (Å²) >= 11 is 1.49. The molecular weight excluding hydrogens is 490 g/mol. The Bertz CT molecular complexity index is 1330. The van der Waals surface area contributed by atoms with Gasteiger partial charge in [-0.25, -0.2) is 18.7 Å². The van der Waals surface area contributed by atoms with E-state index in [9.17, 15) is 19.0 Å². The minimum absolute atomic E-state index is 0.0770. The topological polar surface area (TPSA) is 125 Å². The quantitative estimate of drug-likeness (QED) is 0.355. The molecule has 0 radical (unpaired) electrons. The fourth-order valence-corrected chi connectivity index (χ4v) is 6.43. The highest BCUT2D eigenvalue weighted by atomic mass is 32.1. The number of hydrogen-bond donors (Lipinski definition) is 4. The maximum absolute atomic E-state index is 14.0. The lowest BCUT2D eigenvalue weighted by atomic mass is 10.1. The highest BCUT2D eigenvalue weighted by molar-refractivity contribution is 7.21. The first-order chi connectivity index (χ1) is 17.1. The van der Waals surface area contributed by atoms with Crippen LogP contribution in [-0.4, -0.2) is 73.6 Å². The summed E-state index contributed by atoms with van der Waals surface area (Å²) in [5, 5.41) is 28.0. The maximum atomic E-state index is 14.0. The Balaban J connectivity index is 1.40. The van der Waals surface area contributed by atoms with Crippen LogP contribution in [0.3, 0.4) is 0 Å². The van der Waals surface area contributed by atoms with E-state index in [0.29, 0.717) is 40.6 Å². The molecule has 3 aromatic heterocycles. The van der Waals surface area contributed by atoms with E-state index in [0.717, 1.165) is 28.8 Å². The van der Waals surface area contributed by atoms with E-state index < -0.39 is 29.6 Å². The van der Waals surface area contributed by atoms with Gasteiger partial charge in [-0.1, -0.05) is 0 Å². The van der Waals surface area contributed by atoms with Crippen molar-refractivity contribution in [2.24, 2.45) is 5.92 Å². The average Bonchev–Trinajstić information content (AvgIpc) is 3.63. The van der Waals surface area contributed by atoms with Gasteiger partial charge in [0, 0.05) is 25.3 Å². The predicted molar refractivity (Wildman–Crippen MR) is 132 cm³/mol. The third kappa shape index (κ3) is 3.57. The third-order valence-corrected chi connectivity index (χ3v) is 8.50. The standard InChI is InChI=1S/C24H28F2N6O3S/c1-10(9-35-3)28-22-29-11(2)16(21-31-18-14(36-21)6-7-27-17(18)12-4-5-12)20(32-22)30-13-8-15-23(34,19(13)33)24(15,25)26/h6-7,10,12-13,15,19,33-34H,4-5,8-9H2,1-3H3,(H2,28,29,30,32)/t10-,13-,15+,19+,23-/m1/s1. The molecule has 0 amide bonds. The monoisotopic (exact) mass is 518 g/mol. The van der Waals surface area contributed by atoms with Crippen LogP contribution in [0.5, 0.6) is 0 Å². The zero-order valence-electron chi connectivity index (χ0n) is 20.1. The van der Waals surface area contributed by atoms with Crippen LogP contribution in [0.25, 0.3) is 20.8 Å². The van der Waals surface area contributed by atoms with Crippen molar-refractivity contribution in [1.29, 1.82) is 0 Å². The Kier molecular flexibility index (Phi) is 5.45. The van der Waals surface area contributed by atoms with E-state index in [-0.39, 0.29) is 12.5 Å². The fraction of sp³-hybridized carbons (Fsp3) is 0.583. The molecule has 0 aliphatic heterocycles. The van der Waals surface area contributed by atoms with Crippen LogP contribution in [0, 0.1) is 12.8 Å². The Morgan fingerprint density at radius 3 is 2.72 bits per heavy atom. The van der Waals surface area contributed by atoms with Crippen molar-refractivity contribution < 1.29 is 23.7 Å². The van der Waals surface area contributed by atoms with Crippen molar-refractivity contribution in [3.05, 3.63) is 23.7 Å². The van der Waals surface area contributed by atoms with E-state index in [2.05, 4.69) is 25.6 Å². The van der Waals surface area contributed by atoms with Crippen LogP contribution in [0.1, 0.15) is 43.5 Å². The lowest BCUT2D eigenvalue weighted by Gasteiger charge is -2.26. The van der Waals surface area contributed by atoms with Gasteiger partial charge in [0.1, 0.15) is 22.4 Å². The molecule has 3 heterocycles.